The van der Waals surface area contributed by atoms with E-state index in [0.29, 0.717) is 18.1 Å². The third kappa shape index (κ3) is 3.46. The second-order valence-corrected chi connectivity index (χ2v) is 7.00. The number of hydrogen-bond acceptors (Lipinski definition) is 2. The highest BCUT2D eigenvalue weighted by molar-refractivity contribution is 7.80. The molecule has 3 aromatic carbocycles. The summed E-state index contributed by atoms with van der Waals surface area (Å²) >= 11 is 5.40. The highest BCUT2D eigenvalue weighted by Crippen LogP contribution is 2.19. The van der Waals surface area contributed by atoms with Crippen molar-refractivity contribution in [2.45, 2.75) is 18.9 Å². The van der Waals surface area contributed by atoms with E-state index in [2.05, 4.69) is 47.8 Å². The predicted octanol–water partition coefficient (Wildman–Crippen LogP) is 3.71. The van der Waals surface area contributed by atoms with Crippen LogP contribution in [0.15, 0.2) is 72.8 Å². The average molecular weight is 360 g/mol. The van der Waals surface area contributed by atoms with E-state index in [4.69, 9.17) is 12.2 Å². The van der Waals surface area contributed by atoms with Gasteiger partial charge in [0, 0.05) is 13.0 Å². The molecule has 0 spiro atoms. The van der Waals surface area contributed by atoms with Gasteiger partial charge in [-0.05, 0) is 40.5 Å². The van der Waals surface area contributed by atoms with Crippen molar-refractivity contribution in [3.8, 4) is 0 Å². The van der Waals surface area contributed by atoms with Crippen molar-refractivity contribution in [1.29, 1.82) is 0 Å². The van der Waals surface area contributed by atoms with Gasteiger partial charge in [-0.3, -0.25) is 9.69 Å². The average Bonchev–Trinajstić information content (AvgIpc) is 2.94. The minimum Gasteiger partial charge on any atom is -0.350 e. The zero-order chi connectivity index (χ0) is 17.9. The van der Waals surface area contributed by atoms with Gasteiger partial charge in [0.15, 0.2) is 5.11 Å². The fourth-order valence-electron chi connectivity index (χ4n) is 3.41. The molecule has 0 bridgehead atoms. The first kappa shape index (κ1) is 16.7. The molecule has 0 unspecified atom stereocenters. The van der Waals surface area contributed by atoms with Gasteiger partial charge < -0.3 is 5.32 Å². The number of nitrogens with one attached hydrogen (secondary N) is 1. The maximum Gasteiger partial charge on any atom is 0.251 e. The third-order valence-electron chi connectivity index (χ3n) is 4.83. The lowest BCUT2D eigenvalue weighted by atomic mass is 10.0. The summed E-state index contributed by atoms with van der Waals surface area (Å²) in [6.07, 6.45) is 1.45. The first-order valence-electron chi connectivity index (χ1n) is 8.84. The second kappa shape index (κ2) is 7.26. The highest BCUT2D eigenvalue weighted by Gasteiger charge is 2.34. The largest absolute Gasteiger partial charge is 0.350 e. The van der Waals surface area contributed by atoms with E-state index in [1.807, 2.05) is 30.3 Å². The number of hydrogen-bond donors (Lipinski definition) is 1. The predicted molar refractivity (Wildman–Crippen MR) is 109 cm³/mol. The Morgan fingerprint density at radius 3 is 2.42 bits per heavy atom. The molecular formula is C22H20N2OS. The molecule has 26 heavy (non-hydrogen) atoms. The summed E-state index contributed by atoms with van der Waals surface area (Å²) in [7, 11) is 0. The third-order valence-corrected chi connectivity index (χ3v) is 5.17. The lowest BCUT2D eigenvalue weighted by Gasteiger charge is -2.15. The monoisotopic (exact) mass is 360 g/mol. The van der Waals surface area contributed by atoms with Crippen molar-refractivity contribution < 1.29 is 4.79 Å². The van der Waals surface area contributed by atoms with Crippen LogP contribution in [-0.4, -0.2) is 28.5 Å². The molecule has 1 heterocycles. The molecule has 4 rings (SSSR count). The molecule has 0 aromatic heterocycles. The van der Waals surface area contributed by atoms with E-state index in [1.54, 1.807) is 4.90 Å². The van der Waals surface area contributed by atoms with Crippen molar-refractivity contribution in [2.75, 3.05) is 6.54 Å². The molecule has 0 radical (unpaired) electrons. The number of amides is 1. The van der Waals surface area contributed by atoms with Crippen LogP contribution in [0.3, 0.4) is 0 Å². The van der Waals surface area contributed by atoms with Gasteiger partial charge in [-0.25, -0.2) is 0 Å². The van der Waals surface area contributed by atoms with Gasteiger partial charge in [0.05, 0.1) is 0 Å². The van der Waals surface area contributed by atoms with Crippen LogP contribution in [0.25, 0.3) is 10.8 Å². The van der Waals surface area contributed by atoms with Crippen LogP contribution in [0, 0.1) is 0 Å². The Labute approximate surface area is 158 Å². The molecule has 3 nitrogen and oxygen atoms in total. The quantitative estimate of drug-likeness (QED) is 0.704. The first-order chi connectivity index (χ1) is 12.7. The molecule has 1 aliphatic heterocycles. The Balaban J connectivity index is 1.44. The molecule has 3 aromatic rings. The maximum absolute atomic E-state index is 12.8. The Kier molecular flexibility index (Phi) is 4.67. The van der Waals surface area contributed by atoms with Gasteiger partial charge in [0.1, 0.15) is 6.04 Å². The first-order valence-corrected chi connectivity index (χ1v) is 9.25. The van der Waals surface area contributed by atoms with Crippen LogP contribution in [-0.2, 0) is 17.6 Å². The topological polar surface area (TPSA) is 32.3 Å². The number of benzene rings is 3. The number of fused-ring (bicyclic) bond motifs is 1. The Morgan fingerprint density at radius 2 is 1.62 bits per heavy atom. The number of nitrogens with zero attached hydrogens (tertiary/aromatic N) is 1. The minimum atomic E-state index is -0.278. The van der Waals surface area contributed by atoms with Crippen molar-refractivity contribution in [3.05, 3.63) is 83.9 Å². The Hall–Kier alpha value is -2.72. The summed E-state index contributed by atoms with van der Waals surface area (Å²) < 4.78 is 0. The van der Waals surface area contributed by atoms with Crippen LogP contribution in [0.1, 0.15) is 11.1 Å². The standard InChI is InChI=1S/C22H20N2OS/c25-21-20(15-17-10-11-18-8-4-5-9-19(18)14-17)23-22(26)24(21)13-12-16-6-2-1-3-7-16/h1-11,14,20H,12-13,15H2,(H,23,26)/t20-/m0/s1. The van der Waals surface area contributed by atoms with Gasteiger partial charge in [0.2, 0.25) is 0 Å². The maximum atomic E-state index is 12.8. The molecule has 130 valence electrons. The molecule has 0 aliphatic carbocycles. The molecular weight excluding hydrogens is 340 g/mol. The van der Waals surface area contributed by atoms with E-state index < -0.39 is 0 Å². The lowest BCUT2D eigenvalue weighted by molar-refractivity contribution is -0.127. The molecule has 1 saturated heterocycles. The van der Waals surface area contributed by atoms with Crippen LogP contribution >= 0.6 is 12.2 Å². The number of carbonyl (C=O) groups excluding carboxylic acids is 1. The fraction of sp³-hybridized carbons (Fsp3) is 0.182. The molecule has 1 N–H and O–H groups in total. The van der Waals surface area contributed by atoms with Crippen molar-refractivity contribution in [2.24, 2.45) is 0 Å². The van der Waals surface area contributed by atoms with Crippen LogP contribution < -0.4 is 5.32 Å². The molecule has 1 fully saturated rings. The zero-order valence-corrected chi connectivity index (χ0v) is 15.2. The SMILES string of the molecule is O=C1[C@H](Cc2ccc3ccccc3c2)NC(=S)N1CCc1ccccc1. The summed E-state index contributed by atoms with van der Waals surface area (Å²) in [5.41, 5.74) is 2.35. The van der Waals surface area contributed by atoms with Gasteiger partial charge in [-0.2, -0.15) is 0 Å². The van der Waals surface area contributed by atoms with Crippen LogP contribution in [0.5, 0.6) is 0 Å². The molecule has 1 atom stereocenters. The van der Waals surface area contributed by atoms with Gasteiger partial charge in [0.25, 0.3) is 5.91 Å². The number of thiocarbonyl (C=S) groups is 1. The summed E-state index contributed by atoms with van der Waals surface area (Å²) in [5.74, 6) is 0.0686. The molecule has 1 aliphatic rings. The summed E-state index contributed by atoms with van der Waals surface area (Å²) in [6, 6.07) is 24.5. The summed E-state index contributed by atoms with van der Waals surface area (Å²) in [5, 5.41) is 6.14. The van der Waals surface area contributed by atoms with E-state index >= 15 is 0 Å². The van der Waals surface area contributed by atoms with Gasteiger partial charge >= 0.3 is 0 Å². The van der Waals surface area contributed by atoms with E-state index in [9.17, 15) is 4.79 Å². The van der Waals surface area contributed by atoms with Gasteiger partial charge in [-0.1, -0.05) is 72.8 Å². The summed E-state index contributed by atoms with van der Waals surface area (Å²) in [6.45, 7) is 0.614. The Bertz CT molecular complexity index is 955. The van der Waals surface area contributed by atoms with E-state index in [-0.39, 0.29) is 11.9 Å². The zero-order valence-electron chi connectivity index (χ0n) is 14.4. The van der Waals surface area contributed by atoms with Crippen molar-refractivity contribution >= 4 is 34.0 Å². The van der Waals surface area contributed by atoms with Gasteiger partial charge in [-0.15, -0.1) is 0 Å². The molecule has 4 heteroatoms. The minimum absolute atomic E-state index is 0.0686. The normalized spacial score (nSPS) is 16.9. The van der Waals surface area contributed by atoms with Crippen molar-refractivity contribution in [1.82, 2.24) is 10.2 Å². The number of rotatable bonds is 5. The van der Waals surface area contributed by atoms with Crippen LogP contribution in [0.2, 0.25) is 0 Å². The summed E-state index contributed by atoms with van der Waals surface area (Å²) in [4.78, 5) is 14.5. The highest BCUT2D eigenvalue weighted by atomic mass is 32.1. The van der Waals surface area contributed by atoms with Crippen LogP contribution in [0.4, 0.5) is 0 Å². The number of carbonyl (C=O) groups is 1. The molecule has 1 amide bonds. The smallest absolute Gasteiger partial charge is 0.251 e. The fourth-order valence-corrected chi connectivity index (χ4v) is 3.74. The lowest BCUT2D eigenvalue weighted by Crippen LogP contribution is -2.33. The van der Waals surface area contributed by atoms with E-state index in [1.165, 1.54) is 16.3 Å². The Morgan fingerprint density at radius 1 is 0.885 bits per heavy atom. The van der Waals surface area contributed by atoms with Crippen molar-refractivity contribution in [3.63, 3.8) is 0 Å². The second-order valence-electron chi connectivity index (χ2n) is 6.61. The molecule has 0 saturated carbocycles. The van der Waals surface area contributed by atoms with E-state index in [0.717, 1.165) is 12.0 Å².